The quantitative estimate of drug-likeness (QED) is 0.255. The average molecular weight is 594 g/mol. The van der Waals surface area contributed by atoms with Gasteiger partial charge in [0.05, 0.1) is 0 Å². The van der Waals surface area contributed by atoms with E-state index in [1.807, 2.05) is 36.4 Å². The number of benzene rings is 3. The molecule has 8 nitrogen and oxygen atoms in total. The molecular formula is C33H37F2N3O5. The molecule has 0 spiro atoms. The number of carboxylic acids is 1. The summed E-state index contributed by atoms with van der Waals surface area (Å²) in [6, 6.07) is 18.1. The number of urea groups is 1. The first-order chi connectivity index (χ1) is 20.5. The molecule has 1 aliphatic heterocycles. The number of halogens is 2. The summed E-state index contributed by atoms with van der Waals surface area (Å²) in [5.74, 6) is -0.838. The van der Waals surface area contributed by atoms with Crippen LogP contribution in [0.3, 0.4) is 0 Å². The van der Waals surface area contributed by atoms with Crippen molar-refractivity contribution in [3.05, 3.63) is 89.5 Å². The molecule has 2 fully saturated rings. The molecule has 3 aromatic rings. The lowest BCUT2D eigenvalue weighted by Crippen LogP contribution is -2.39. The number of ether oxygens (including phenoxy) is 2. The first-order valence-corrected chi connectivity index (χ1v) is 14.4. The number of aliphatic carboxylic acids is 1. The van der Waals surface area contributed by atoms with Crippen LogP contribution in [0.2, 0.25) is 0 Å². The molecule has 10 heteroatoms. The highest BCUT2D eigenvalue weighted by molar-refractivity contribution is 5.90. The minimum Gasteiger partial charge on any atom is -0.492 e. The fourth-order valence-electron chi connectivity index (χ4n) is 5.51. The predicted octanol–water partition coefficient (Wildman–Crippen LogP) is 5.47. The molecule has 2 aliphatic rings. The number of nitrogens with zero attached hydrogens (tertiary/aromatic N) is 1. The molecule has 2 unspecified atom stereocenters. The molecule has 1 aliphatic carbocycles. The first kappa shape index (κ1) is 30.3. The number of likely N-dealkylation sites (tertiary alicyclic amines) is 1. The number of nitrogens with one attached hydrogen (secondary N) is 2. The van der Waals surface area contributed by atoms with Gasteiger partial charge in [0, 0.05) is 32.1 Å². The third kappa shape index (κ3) is 7.43. The Balaban J connectivity index is 1.01. The summed E-state index contributed by atoms with van der Waals surface area (Å²) in [6.45, 7) is 8.46. The van der Waals surface area contributed by atoms with Gasteiger partial charge in [-0.1, -0.05) is 51.1 Å². The van der Waals surface area contributed by atoms with Crippen molar-refractivity contribution in [3.63, 3.8) is 0 Å². The Bertz CT molecular complexity index is 1410. The summed E-state index contributed by atoms with van der Waals surface area (Å²) in [7, 11) is 0. The predicted molar refractivity (Wildman–Crippen MR) is 159 cm³/mol. The van der Waals surface area contributed by atoms with Gasteiger partial charge in [0.15, 0.2) is 6.10 Å². The Morgan fingerprint density at radius 2 is 1.56 bits per heavy atom. The lowest BCUT2D eigenvalue weighted by Gasteiger charge is -2.21. The van der Waals surface area contributed by atoms with Crippen molar-refractivity contribution < 1.29 is 33.0 Å². The summed E-state index contributed by atoms with van der Waals surface area (Å²) in [5.41, 5.74) is 1.54. The van der Waals surface area contributed by atoms with Crippen LogP contribution in [0.1, 0.15) is 31.9 Å². The number of hydrogen-bond acceptors (Lipinski definition) is 5. The molecule has 2 amide bonds. The number of rotatable bonds is 11. The van der Waals surface area contributed by atoms with Crippen molar-refractivity contribution in [2.45, 2.75) is 44.8 Å². The number of carbonyl (C=O) groups excluding carboxylic acids is 1. The monoisotopic (exact) mass is 593 g/mol. The van der Waals surface area contributed by atoms with E-state index in [1.54, 1.807) is 17.0 Å². The zero-order valence-corrected chi connectivity index (χ0v) is 24.5. The van der Waals surface area contributed by atoms with Crippen LogP contribution >= 0.6 is 0 Å². The third-order valence-electron chi connectivity index (χ3n) is 8.05. The van der Waals surface area contributed by atoms with Gasteiger partial charge >= 0.3 is 12.0 Å². The molecule has 3 N–H and O–H groups in total. The van der Waals surface area contributed by atoms with E-state index in [1.165, 1.54) is 6.07 Å². The second-order valence-corrected chi connectivity index (χ2v) is 12.2. The Kier molecular flexibility index (Phi) is 8.87. The van der Waals surface area contributed by atoms with Crippen molar-refractivity contribution in [2.75, 3.05) is 31.6 Å². The van der Waals surface area contributed by atoms with E-state index in [-0.39, 0.29) is 17.9 Å². The highest BCUT2D eigenvalue weighted by Gasteiger charge is 2.56. The van der Waals surface area contributed by atoms with Crippen molar-refractivity contribution >= 4 is 17.7 Å². The maximum Gasteiger partial charge on any atom is 0.345 e. The molecular weight excluding hydrogens is 556 g/mol. The maximum absolute atomic E-state index is 13.8. The van der Waals surface area contributed by atoms with Gasteiger partial charge in [0.2, 0.25) is 0 Å². The van der Waals surface area contributed by atoms with Gasteiger partial charge in [-0.15, -0.1) is 0 Å². The number of amides is 2. The number of carboxylic acid groups (broad SMARTS) is 1. The molecule has 228 valence electrons. The van der Waals surface area contributed by atoms with Crippen LogP contribution in [-0.4, -0.2) is 60.4 Å². The second kappa shape index (κ2) is 12.6. The molecule has 1 heterocycles. The summed E-state index contributed by atoms with van der Waals surface area (Å²) in [5, 5.41) is 15.5. The maximum atomic E-state index is 13.8. The smallest absolute Gasteiger partial charge is 0.345 e. The van der Waals surface area contributed by atoms with Crippen molar-refractivity contribution in [3.8, 4) is 11.5 Å². The number of piperidine rings is 1. The van der Waals surface area contributed by atoms with Crippen LogP contribution < -0.4 is 20.1 Å². The number of anilines is 1. The molecule has 0 bridgehead atoms. The number of para-hydroxylation sites is 1. The van der Waals surface area contributed by atoms with Crippen LogP contribution in [-0.2, 0) is 16.6 Å². The first-order valence-electron chi connectivity index (χ1n) is 14.4. The van der Waals surface area contributed by atoms with Gasteiger partial charge < -0.3 is 30.1 Å². The van der Waals surface area contributed by atoms with Crippen LogP contribution in [0.25, 0.3) is 0 Å². The van der Waals surface area contributed by atoms with E-state index < -0.39 is 35.4 Å². The Labute approximate surface area is 250 Å². The normalized spacial score (nSPS) is 19.8. The summed E-state index contributed by atoms with van der Waals surface area (Å²) >= 11 is 0. The number of carbonyl (C=O) groups is 2. The van der Waals surface area contributed by atoms with Gasteiger partial charge in [-0.3, -0.25) is 0 Å². The van der Waals surface area contributed by atoms with Gasteiger partial charge in [-0.05, 0) is 64.8 Å². The molecule has 3 aromatic carbocycles. The number of fused-ring (bicyclic) bond motifs is 1. The van der Waals surface area contributed by atoms with Crippen LogP contribution in [0, 0.1) is 23.5 Å². The fourth-order valence-corrected chi connectivity index (χ4v) is 5.51. The SMILES string of the molecule is CC(C)(C)c1ccc(O[C@@H](Cc2ccc(OCCNC3C4CN(C(=O)Nc5c(F)cccc5F)C[C@@H]43)cc2)C(=O)O)cc1. The van der Waals surface area contributed by atoms with E-state index >= 15 is 0 Å². The molecule has 0 radical (unpaired) electrons. The Morgan fingerprint density at radius 1 is 0.953 bits per heavy atom. The molecule has 43 heavy (non-hydrogen) atoms. The lowest BCUT2D eigenvalue weighted by molar-refractivity contribution is -0.145. The van der Waals surface area contributed by atoms with Gasteiger partial charge in [-0.2, -0.15) is 0 Å². The Hall–Kier alpha value is -4.18. The van der Waals surface area contributed by atoms with Gasteiger partial charge in [-0.25, -0.2) is 18.4 Å². The lowest BCUT2D eigenvalue weighted by atomic mass is 9.87. The summed E-state index contributed by atoms with van der Waals surface area (Å²) < 4.78 is 39.3. The van der Waals surface area contributed by atoms with E-state index in [9.17, 15) is 23.5 Å². The molecule has 4 atom stereocenters. The molecule has 0 aromatic heterocycles. The molecule has 1 saturated carbocycles. The van der Waals surface area contributed by atoms with Gasteiger partial charge in [0.1, 0.15) is 35.4 Å². The van der Waals surface area contributed by atoms with E-state index in [0.717, 1.165) is 23.3 Å². The topological polar surface area (TPSA) is 100 Å². The highest BCUT2D eigenvalue weighted by Crippen LogP contribution is 2.45. The van der Waals surface area contributed by atoms with E-state index in [4.69, 9.17) is 9.47 Å². The van der Waals surface area contributed by atoms with Crippen LogP contribution in [0.5, 0.6) is 11.5 Å². The van der Waals surface area contributed by atoms with Crippen LogP contribution in [0.15, 0.2) is 66.7 Å². The molecule has 5 rings (SSSR count). The van der Waals surface area contributed by atoms with Gasteiger partial charge in [0.25, 0.3) is 0 Å². The second-order valence-electron chi connectivity index (χ2n) is 12.2. The third-order valence-corrected chi connectivity index (χ3v) is 8.05. The average Bonchev–Trinajstić information content (AvgIpc) is 3.40. The standard InChI is InChI=1S/C33H37F2N3O5/c1-33(2,3)21-9-13-23(14-10-21)43-28(31(39)40)17-20-7-11-22(12-8-20)42-16-15-36-29-24-18-38(19-25(24)29)32(41)37-30-26(34)5-4-6-27(30)35/h4-14,24-25,28-29,36H,15-19H2,1-3H3,(H,37,41)(H,39,40)/t24-,25?,28-,29?/m0/s1. The van der Waals surface area contributed by atoms with E-state index in [2.05, 4.69) is 31.4 Å². The van der Waals surface area contributed by atoms with Crippen molar-refractivity contribution in [1.29, 1.82) is 0 Å². The fraction of sp³-hybridized carbons (Fsp3) is 0.394. The largest absolute Gasteiger partial charge is 0.492 e. The Morgan fingerprint density at radius 3 is 2.14 bits per heavy atom. The minimum atomic E-state index is -1.03. The van der Waals surface area contributed by atoms with E-state index in [0.29, 0.717) is 49.6 Å². The van der Waals surface area contributed by atoms with Crippen molar-refractivity contribution in [2.24, 2.45) is 11.8 Å². The summed E-state index contributed by atoms with van der Waals surface area (Å²) in [4.78, 5) is 25.9. The number of hydrogen-bond donors (Lipinski definition) is 3. The summed E-state index contributed by atoms with van der Waals surface area (Å²) in [6.07, 6.45) is -0.801. The molecule has 1 saturated heterocycles. The van der Waals surface area contributed by atoms with Crippen molar-refractivity contribution in [1.82, 2.24) is 10.2 Å². The van der Waals surface area contributed by atoms with Crippen LogP contribution in [0.4, 0.5) is 19.3 Å². The zero-order valence-electron chi connectivity index (χ0n) is 24.5. The minimum absolute atomic E-state index is 0.000829. The highest BCUT2D eigenvalue weighted by atomic mass is 19.1. The zero-order chi connectivity index (χ0) is 30.7.